The summed E-state index contributed by atoms with van der Waals surface area (Å²) in [5, 5.41) is 2.82. The minimum absolute atomic E-state index is 0.0152. The third kappa shape index (κ3) is 8.38. The molecule has 0 heterocycles. The van der Waals surface area contributed by atoms with Crippen molar-refractivity contribution in [3.63, 3.8) is 0 Å². The van der Waals surface area contributed by atoms with Crippen molar-refractivity contribution in [3.8, 4) is 0 Å². The molecule has 5 heteroatoms. The van der Waals surface area contributed by atoms with Gasteiger partial charge in [0.15, 0.2) is 0 Å². The summed E-state index contributed by atoms with van der Waals surface area (Å²) in [6.07, 6.45) is 6.07. The highest BCUT2D eigenvalue weighted by molar-refractivity contribution is 5.76. The van der Waals surface area contributed by atoms with E-state index >= 15 is 0 Å². The Morgan fingerprint density at radius 2 is 2.12 bits per heavy atom. The number of nitrogens with one attached hydrogen (secondary N) is 2. The van der Waals surface area contributed by atoms with Gasteiger partial charge in [-0.3, -0.25) is 16.1 Å². The number of hydrogen-bond acceptors (Lipinski definition) is 4. The molecule has 0 aromatic rings. The molecule has 94 valence electrons. The van der Waals surface area contributed by atoms with Crippen LogP contribution in [0.15, 0.2) is 0 Å². The molecule has 0 saturated heterocycles. The Bertz CT molecular complexity index is 198. The van der Waals surface area contributed by atoms with E-state index in [0.717, 1.165) is 19.4 Å². The molecule has 0 fully saturated rings. The van der Waals surface area contributed by atoms with Crippen LogP contribution in [0.3, 0.4) is 0 Å². The van der Waals surface area contributed by atoms with Crippen molar-refractivity contribution < 1.29 is 9.59 Å². The summed E-state index contributed by atoms with van der Waals surface area (Å²) < 4.78 is 0. The highest BCUT2D eigenvalue weighted by Gasteiger charge is 2.07. The molecule has 0 radical (unpaired) electrons. The van der Waals surface area contributed by atoms with Gasteiger partial charge in [0.2, 0.25) is 5.91 Å². The number of hydrogen-bond donors (Lipinski definition) is 3. The van der Waals surface area contributed by atoms with Crippen LogP contribution < -0.4 is 16.6 Å². The molecule has 0 aromatic heterocycles. The van der Waals surface area contributed by atoms with E-state index in [-0.39, 0.29) is 5.91 Å². The predicted molar refractivity (Wildman–Crippen MR) is 63.6 cm³/mol. The average Bonchev–Trinajstić information content (AvgIpc) is 2.30. The fourth-order valence-electron chi connectivity index (χ4n) is 1.35. The van der Waals surface area contributed by atoms with Gasteiger partial charge in [-0.05, 0) is 12.8 Å². The van der Waals surface area contributed by atoms with Gasteiger partial charge in [0.05, 0.1) is 6.04 Å². The Hall–Kier alpha value is -0.940. The molecule has 4 N–H and O–H groups in total. The van der Waals surface area contributed by atoms with Gasteiger partial charge < -0.3 is 10.1 Å². The number of carbonyl (C=O) groups is 2. The van der Waals surface area contributed by atoms with E-state index in [9.17, 15) is 9.59 Å². The highest BCUT2D eigenvalue weighted by atomic mass is 16.1. The van der Waals surface area contributed by atoms with Gasteiger partial charge in [-0.1, -0.05) is 26.2 Å². The molecule has 0 spiro atoms. The molecule has 0 aliphatic carbocycles. The molecule has 5 nitrogen and oxygen atoms in total. The second kappa shape index (κ2) is 10.6. The first kappa shape index (κ1) is 15.1. The molecule has 1 amide bonds. The van der Waals surface area contributed by atoms with Crippen molar-refractivity contribution >= 4 is 12.2 Å². The van der Waals surface area contributed by atoms with Gasteiger partial charge in [-0.15, -0.1) is 0 Å². The molecule has 0 aliphatic heterocycles. The number of hydrazine groups is 1. The van der Waals surface area contributed by atoms with Crippen molar-refractivity contribution in [3.05, 3.63) is 0 Å². The zero-order chi connectivity index (χ0) is 12.2. The quantitative estimate of drug-likeness (QED) is 0.220. The van der Waals surface area contributed by atoms with Crippen LogP contribution in [0.2, 0.25) is 0 Å². The van der Waals surface area contributed by atoms with Crippen LogP contribution in [0.4, 0.5) is 0 Å². The van der Waals surface area contributed by atoms with Crippen molar-refractivity contribution in [2.75, 3.05) is 6.54 Å². The SMILES string of the molecule is CCCCCCNC(=O)CC[C@@H](C=O)NN. The predicted octanol–water partition coefficient (Wildman–Crippen LogP) is 0.494. The molecule has 0 aliphatic rings. The highest BCUT2D eigenvalue weighted by Crippen LogP contribution is 1.98. The summed E-state index contributed by atoms with van der Waals surface area (Å²) in [6, 6.07) is -0.425. The normalized spacial score (nSPS) is 12.1. The van der Waals surface area contributed by atoms with Crippen LogP contribution in [0.25, 0.3) is 0 Å². The molecule has 0 bridgehead atoms. The lowest BCUT2D eigenvalue weighted by molar-refractivity contribution is -0.121. The Labute approximate surface area is 97.1 Å². The molecule has 1 atom stereocenters. The third-order valence-electron chi connectivity index (χ3n) is 2.41. The Balaban J connectivity index is 3.40. The van der Waals surface area contributed by atoms with Gasteiger partial charge in [0, 0.05) is 13.0 Å². The Morgan fingerprint density at radius 1 is 1.38 bits per heavy atom. The Kier molecular flexibility index (Phi) is 9.95. The number of nitrogens with two attached hydrogens (primary N) is 1. The smallest absolute Gasteiger partial charge is 0.220 e. The molecule has 16 heavy (non-hydrogen) atoms. The Morgan fingerprint density at radius 3 is 2.69 bits per heavy atom. The molecule has 0 saturated carbocycles. The number of unbranched alkanes of at least 4 members (excludes halogenated alkanes) is 3. The maximum atomic E-state index is 11.3. The lowest BCUT2D eigenvalue weighted by Crippen LogP contribution is -2.37. The molecule has 0 aromatic carbocycles. The van der Waals surface area contributed by atoms with Crippen LogP contribution in [-0.2, 0) is 9.59 Å². The second-order valence-corrected chi connectivity index (χ2v) is 3.86. The average molecular weight is 229 g/mol. The fourth-order valence-corrected chi connectivity index (χ4v) is 1.35. The summed E-state index contributed by atoms with van der Waals surface area (Å²) in [4.78, 5) is 21.7. The van der Waals surface area contributed by atoms with Gasteiger partial charge in [-0.2, -0.15) is 0 Å². The van der Waals surface area contributed by atoms with Crippen LogP contribution in [0.1, 0.15) is 45.4 Å². The van der Waals surface area contributed by atoms with Crippen molar-refractivity contribution in [2.45, 2.75) is 51.5 Å². The second-order valence-electron chi connectivity index (χ2n) is 3.86. The van der Waals surface area contributed by atoms with Crippen LogP contribution >= 0.6 is 0 Å². The summed E-state index contributed by atoms with van der Waals surface area (Å²) in [5.74, 6) is 5.10. The van der Waals surface area contributed by atoms with Crippen LogP contribution in [0, 0.1) is 0 Å². The van der Waals surface area contributed by atoms with E-state index in [2.05, 4.69) is 17.7 Å². The lowest BCUT2D eigenvalue weighted by Gasteiger charge is -2.08. The number of aldehydes is 1. The van der Waals surface area contributed by atoms with Gasteiger partial charge >= 0.3 is 0 Å². The molecular weight excluding hydrogens is 206 g/mol. The number of carbonyl (C=O) groups excluding carboxylic acids is 2. The van der Waals surface area contributed by atoms with Crippen molar-refractivity contribution in [1.82, 2.24) is 10.7 Å². The van der Waals surface area contributed by atoms with Crippen molar-refractivity contribution in [2.24, 2.45) is 5.84 Å². The van der Waals surface area contributed by atoms with Crippen LogP contribution in [0.5, 0.6) is 0 Å². The topological polar surface area (TPSA) is 84.2 Å². The standard InChI is InChI=1S/C11H23N3O2/c1-2-3-4-5-8-13-11(16)7-6-10(9-15)14-12/h9-10,14H,2-8,12H2,1H3,(H,13,16)/t10-/m0/s1. The largest absolute Gasteiger partial charge is 0.356 e. The molecule has 0 rings (SSSR count). The van der Waals surface area contributed by atoms with Gasteiger partial charge in [-0.25, -0.2) is 0 Å². The van der Waals surface area contributed by atoms with Gasteiger partial charge in [0.1, 0.15) is 6.29 Å². The van der Waals surface area contributed by atoms with Crippen LogP contribution in [-0.4, -0.2) is 24.8 Å². The maximum Gasteiger partial charge on any atom is 0.220 e. The summed E-state index contributed by atoms with van der Waals surface area (Å²) >= 11 is 0. The summed E-state index contributed by atoms with van der Waals surface area (Å²) in [5.41, 5.74) is 2.34. The monoisotopic (exact) mass is 229 g/mol. The lowest BCUT2D eigenvalue weighted by atomic mass is 10.1. The minimum Gasteiger partial charge on any atom is -0.356 e. The first-order valence-corrected chi connectivity index (χ1v) is 5.92. The number of rotatable bonds is 10. The first-order valence-electron chi connectivity index (χ1n) is 5.92. The minimum atomic E-state index is -0.425. The molecule has 0 unspecified atom stereocenters. The van der Waals surface area contributed by atoms with Gasteiger partial charge in [0.25, 0.3) is 0 Å². The first-order chi connectivity index (χ1) is 7.74. The van der Waals surface area contributed by atoms with E-state index in [1.165, 1.54) is 12.8 Å². The van der Waals surface area contributed by atoms with Crippen molar-refractivity contribution in [1.29, 1.82) is 0 Å². The fraction of sp³-hybridized carbons (Fsp3) is 0.818. The molecular formula is C11H23N3O2. The third-order valence-corrected chi connectivity index (χ3v) is 2.41. The number of amides is 1. The van der Waals surface area contributed by atoms with E-state index in [4.69, 9.17) is 5.84 Å². The van der Waals surface area contributed by atoms with E-state index in [1.807, 2.05) is 0 Å². The van der Waals surface area contributed by atoms with E-state index in [0.29, 0.717) is 19.1 Å². The van der Waals surface area contributed by atoms with E-state index in [1.54, 1.807) is 0 Å². The summed E-state index contributed by atoms with van der Waals surface area (Å²) in [6.45, 7) is 2.87. The maximum absolute atomic E-state index is 11.3. The van der Waals surface area contributed by atoms with E-state index < -0.39 is 6.04 Å². The zero-order valence-corrected chi connectivity index (χ0v) is 10.00. The summed E-state index contributed by atoms with van der Waals surface area (Å²) in [7, 11) is 0. The zero-order valence-electron chi connectivity index (χ0n) is 10.00.